The summed E-state index contributed by atoms with van der Waals surface area (Å²) in [6.45, 7) is 0. The number of nitrogens with one attached hydrogen (secondary N) is 1. The summed E-state index contributed by atoms with van der Waals surface area (Å²) in [5.41, 5.74) is 12.4. The molecule has 0 atom stereocenters. The third-order valence-corrected chi connectivity index (χ3v) is 6.24. The van der Waals surface area contributed by atoms with Gasteiger partial charge in [-0.15, -0.1) is 0 Å². The molecule has 0 bridgehead atoms. The van der Waals surface area contributed by atoms with Gasteiger partial charge in [-0.1, -0.05) is 41.6 Å². The van der Waals surface area contributed by atoms with E-state index < -0.39 is 0 Å². The Morgan fingerprint density at radius 1 is 0.737 bits per heavy atom. The summed E-state index contributed by atoms with van der Waals surface area (Å²) in [7, 11) is 3.24. The van der Waals surface area contributed by atoms with Crippen LogP contribution in [0.3, 0.4) is 0 Å². The second-order valence-electron chi connectivity index (χ2n) is 8.71. The molecule has 1 aromatic heterocycles. The molecule has 0 fully saturated rings. The summed E-state index contributed by atoms with van der Waals surface area (Å²) in [6.07, 6.45) is 0.0181. The van der Waals surface area contributed by atoms with Gasteiger partial charge < -0.3 is 25.0 Å². The van der Waals surface area contributed by atoms with Gasteiger partial charge in [0.1, 0.15) is 17.2 Å². The first kappa shape index (κ1) is 24.6. The van der Waals surface area contributed by atoms with Crippen LogP contribution in [0.25, 0.3) is 33.5 Å². The number of nitrogens with two attached hydrogens (primary N) is 1. The highest BCUT2D eigenvalue weighted by Crippen LogP contribution is 2.36. The maximum absolute atomic E-state index is 13.0. The standard InChI is InChI=1S/C31H27N3O4/c1-36-26-15-7-22(8-16-26)30-28(38-34-31(30)23-9-17-27(37-2)18-10-23)19-29(35)33-25-13-5-21(6-14-25)20-3-11-24(32)12-4-20/h3-18H,19,32H2,1-2H3,(H,33,35). The lowest BCUT2D eigenvalue weighted by molar-refractivity contribution is -0.115. The van der Waals surface area contributed by atoms with Crippen LogP contribution in [0.5, 0.6) is 11.5 Å². The van der Waals surface area contributed by atoms with E-state index in [4.69, 9.17) is 19.7 Å². The first-order valence-electron chi connectivity index (χ1n) is 12.1. The normalized spacial score (nSPS) is 10.7. The molecule has 0 unspecified atom stereocenters. The van der Waals surface area contributed by atoms with Crippen LogP contribution in [-0.2, 0) is 11.2 Å². The van der Waals surface area contributed by atoms with Crippen molar-refractivity contribution < 1.29 is 18.8 Å². The number of hydrogen-bond donors (Lipinski definition) is 2. The molecule has 3 N–H and O–H groups in total. The van der Waals surface area contributed by atoms with Gasteiger partial charge >= 0.3 is 0 Å². The molecule has 0 spiro atoms. The van der Waals surface area contributed by atoms with E-state index in [0.29, 0.717) is 22.8 Å². The van der Waals surface area contributed by atoms with E-state index in [9.17, 15) is 4.79 Å². The largest absolute Gasteiger partial charge is 0.497 e. The van der Waals surface area contributed by atoms with Crippen LogP contribution in [0.15, 0.2) is 102 Å². The lowest BCUT2D eigenvalue weighted by Gasteiger charge is -2.09. The van der Waals surface area contributed by atoms with Crippen molar-refractivity contribution in [3.8, 4) is 45.0 Å². The van der Waals surface area contributed by atoms with Crippen LogP contribution in [0.4, 0.5) is 11.4 Å². The van der Waals surface area contributed by atoms with Crippen LogP contribution in [0.2, 0.25) is 0 Å². The number of amides is 1. The minimum atomic E-state index is -0.211. The maximum Gasteiger partial charge on any atom is 0.232 e. The van der Waals surface area contributed by atoms with E-state index in [1.807, 2.05) is 97.1 Å². The molecule has 5 aromatic rings. The van der Waals surface area contributed by atoms with Crippen LogP contribution in [0.1, 0.15) is 5.76 Å². The zero-order chi connectivity index (χ0) is 26.5. The minimum Gasteiger partial charge on any atom is -0.497 e. The third-order valence-electron chi connectivity index (χ3n) is 6.24. The van der Waals surface area contributed by atoms with Crippen molar-refractivity contribution in [2.75, 3.05) is 25.3 Å². The molecular weight excluding hydrogens is 478 g/mol. The highest BCUT2D eigenvalue weighted by atomic mass is 16.5. The van der Waals surface area contributed by atoms with Crippen molar-refractivity contribution in [1.82, 2.24) is 5.16 Å². The van der Waals surface area contributed by atoms with Crippen molar-refractivity contribution >= 4 is 17.3 Å². The summed E-state index contributed by atoms with van der Waals surface area (Å²) in [6, 6.07) is 30.5. The Hall–Kier alpha value is -5.04. The molecule has 0 aliphatic carbocycles. The topological polar surface area (TPSA) is 99.6 Å². The maximum atomic E-state index is 13.0. The minimum absolute atomic E-state index is 0.0181. The zero-order valence-corrected chi connectivity index (χ0v) is 21.1. The average Bonchev–Trinajstić information content (AvgIpc) is 3.37. The molecule has 38 heavy (non-hydrogen) atoms. The van der Waals surface area contributed by atoms with Crippen molar-refractivity contribution in [1.29, 1.82) is 0 Å². The number of carbonyl (C=O) groups is 1. The number of methoxy groups -OCH3 is 2. The molecule has 0 saturated heterocycles. The van der Waals surface area contributed by atoms with Gasteiger partial charge in [0.15, 0.2) is 5.76 Å². The third kappa shape index (κ3) is 5.37. The Bertz CT molecular complexity index is 1520. The fourth-order valence-corrected chi connectivity index (χ4v) is 4.22. The SMILES string of the molecule is COc1ccc(-c2noc(CC(=O)Nc3ccc(-c4ccc(N)cc4)cc3)c2-c2ccc(OC)cc2)cc1. The van der Waals surface area contributed by atoms with E-state index in [0.717, 1.165) is 39.3 Å². The second kappa shape index (κ2) is 10.9. The second-order valence-corrected chi connectivity index (χ2v) is 8.71. The van der Waals surface area contributed by atoms with Crippen molar-refractivity contribution in [3.05, 3.63) is 103 Å². The van der Waals surface area contributed by atoms with Gasteiger partial charge in [0.05, 0.1) is 26.2 Å². The first-order valence-corrected chi connectivity index (χ1v) is 12.1. The quantitative estimate of drug-likeness (QED) is 0.235. The number of hydrogen-bond acceptors (Lipinski definition) is 6. The van der Waals surface area contributed by atoms with E-state index in [1.165, 1.54) is 0 Å². The van der Waals surface area contributed by atoms with Crippen LogP contribution in [0, 0.1) is 0 Å². The Morgan fingerprint density at radius 3 is 1.79 bits per heavy atom. The monoisotopic (exact) mass is 505 g/mol. The van der Waals surface area contributed by atoms with E-state index in [-0.39, 0.29) is 12.3 Å². The molecule has 4 aromatic carbocycles. The summed E-state index contributed by atoms with van der Waals surface area (Å²) < 4.78 is 16.3. The smallest absolute Gasteiger partial charge is 0.232 e. The summed E-state index contributed by atoms with van der Waals surface area (Å²) in [5, 5.41) is 7.29. The zero-order valence-electron chi connectivity index (χ0n) is 21.1. The molecular formula is C31H27N3O4. The van der Waals surface area contributed by atoms with Crippen molar-refractivity contribution in [2.45, 2.75) is 6.42 Å². The Balaban J connectivity index is 1.39. The lowest BCUT2D eigenvalue weighted by Crippen LogP contribution is -2.14. The van der Waals surface area contributed by atoms with Gasteiger partial charge in [-0.05, 0) is 77.4 Å². The number of ether oxygens (including phenoxy) is 2. The van der Waals surface area contributed by atoms with Gasteiger partial charge in [0.25, 0.3) is 0 Å². The fraction of sp³-hybridized carbons (Fsp3) is 0.0968. The van der Waals surface area contributed by atoms with Gasteiger partial charge in [0, 0.05) is 16.9 Å². The summed E-state index contributed by atoms with van der Waals surface area (Å²) >= 11 is 0. The highest BCUT2D eigenvalue weighted by Gasteiger charge is 2.22. The van der Waals surface area contributed by atoms with Crippen molar-refractivity contribution in [3.63, 3.8) is 0 Å². The molecule has 0 saturated carbocycles. The Morgan fingerprint density at radius 2 is 1.24 bits per heavy atom. The summed E-state index contributed by atoms with van der Waals surface area (Å²) in [5.74, 6) is 1.73. The highest BCUT2D eigenvalue weighted by molar-refractivity contribution is 5.94. The van der Waals surface area contributed by atoms with Gasteiger partial charge in [-0.3, -0.25) is 4.79 Å². The number of anilines is 2. The van der Waals surface area contributed by atoms with Crippen LogP contribution in [-0.4, -0.2) is 25.3 Å². The van der Waals surface area contributed by atoms with Crippen LogP contribution < -0.4 is 20.5 Å². The van der Waals surface area contributed by atoms with Gasteiger partial charge in [-0.25, -0.2) is 0 Å². The van der Waals surface area contributed by atoms with E-state index in [2.05, 4.69) is 10.5 Å². The number of nitrogen functional groups attached to an aromatic ring is 1. The number of rotatable bonds is 8. The van der Waals surface area contributed by atoms with Crippen molar-refractivity contribution in [2.24, 2.45) is 0 Å². The number of carbonyl (C=O) groups excluding carboxylic acids is 1. The average molecular weight is 506 g/mol. The molecule has 1 amide bonds. The molecule has 1 heterocycles. The number of nitrogens with zero attached hydrogens (tertiary/aromatic N) is 1. The summed E-state index contributed by atoms with van der Waals surface area (Å²) in [4.78, 5) is 13.0. The number of benzene rings is 4. The van der Waals surface area contributed by atoms with E-state index in [1.54, 1.807) is 14.2 Å². The first-order chi connectivity index (χ1) is 18.5. The fourth-order valence-electron chi connectivity index (χ4n) is 4.22. The van der Waals surface area contributed by atoms with Gasteiger partial charge in [0.2, 0.25) is 5.91 Å². The Kier molecular flexibility index (Phi) is 7.08. The molecule has 0 aliphatic rings. The molecule has 7 nitrogen and oxygen atoms in total. The molecule has 190 valence electrons. The predicted molar refractivity (Wildman–Crippen MR) is 149 cm³/mol. The molecule has 0 radical (unpaired) electrons. The molecule has 0 aliphatic heterocycles. The predicted octanol–water partition coefficient (Wildman–Crippen LogP) is 6.46. The number of aromatic nitrogens is 1. The van der Waals surface area contributed by atoms with E-state index >= 15 is 0 Å². The lowest BCUT2D eigenvalue weighted by atomic mass is 9.97. The van der Waals surface area contributed by atoms with Crippen LogP contribution >= 0.6 is 0 Å². The Labute approximate surface area is 220 Å². The molecule has 7 heteroatoms. The molecule has 5 rings (SSSR count). The van der Waals surface area contributed by atoms with Gasteiger partial charge in [-0.2, -0.15) is 0 Å².